The quantitative estimate of drug-likeness (QED) is 0.650. The van der Waals surface area contributed by atoms with Crippen molar-refractivity contribution in [3.05, 3.63) is 46.2 Å². The van der Waals surface area contributed by atoms with E-state index in [9.17, 15) is 14.0 Å². The molecule has 0 radical (unpaired) electrons. The van der Waals surface area contributed by atoms with E-state index in [0.717, 1.165) is 17.0 Å². The molecule has 5 rings (SSSR count). The lowest BCUT2D eigenvalue weighted by Crippen LogP contribution is -2.42. The molecule has 7 nitrogen and oxygen atoms in total. The number of carbonyl (C=O) groups excluding carboxylic acids is 2. The predicted octanol–water partition coefficient (Wildman–Crippen LogP) is 4.19. The molecule has 2 aromatic rings. The van der Waals surface area contributed by atoms with Crippen LogP contribution < -0.4 is 9.64 Å². The zero-order chi connectivity index (χ0) is 23.3. The van der Waals surface area contributed by atoms with Crippen LogP contribution in [-0.4, -0.2) is 41.3 Å². The van der Waals surface area contributed by atoms with Crippen LogP contribution in [0, 0.1) is 11.8 Å². The van der Waals surface area contributed by atoms with Crippen LogP contribution in [0.4, 0.5) is 9.52 Å². The zero-order valence-corrected chi connectivity index (χ0v) is 19.6. The summed E-state index contributed by atoms with van der Waals surface area (Å²) < 4.78 is 25.5. The Morgan fingerprint density at radius 1 is 1.21 bits per heavy atom. The summed E-state index contributed by atoms with van der Waals surface area (Å²) in [7, 11) is 1.58. The van der Waals surface area contributed by atoms with Gasteiger partial charge in [-0.3, -0.25) is 14.5 Å². The van der Waals surface area contributed by atoms with Crippen molar-refractivity contribution >= 4 is 28.2 Å². The van der Waals surface area contributed by atoms with Crippen molar-refractivity contribution in [2.75, 3.05) is 12.0 Å². The fraction of sp³-hybridized carbons (Fsp3) is 0.500. The summed E-state index contributed by atoms with van der Waals surface area (Å²) in [6.45, 7) is 4.18. The van der Waals surface area contributed by atoms with Crippen LogP contribution in [0.1, 0.15) is 49.7 Å². The number of rotatable bonds is 5. The third-order valence-corrected chi connectivity index (χ3v) is 7.41. The van der Waals surface area contributed by atoms with Gasteiger partial charge in [0.25, 0.3) is 5.91 Å². The number of carbonyl (C=O) groups is 2. The first-order chi connectivity index (χ1) is 15.9. The maximum atomic E-state index is 14.2. The van der Waals surface area contributed by atoms with Gasteiger partial charge < -0.3 is 9.47 Å². The van der Waals surface area contributed by atoms with Gasteiger partial charge in [0.05, 0.1) is 24.6 Å². The Morgan fingerprint density at radius 2 is 1.97 bits per heavy atom. The predicted molar refractivity (Wildman–Crippen MR) is 121 cm³/mol. The van der Waals surface area contributed by atoms with Crippen LogP contribution >= 0.6 is 11.3 Å². The first kappa shape index (κ1) is 22.0. The van der Waals surface area contributed by atoms with E-state index in [2.05, 4.69) is 24.0 Å². The number of Topliss-reactive ketones (excluding diaryl/α,β-unsaturated/α-hetero) is 1. The van der Waals surface area contributed by atoms with Crippen molar-refractivity contribution in [3.8, 4) is 5.75 Å². The minimum atomic E-state index is -1.03. The van der Waals surface area contributed by atoms with E-state index in [1.54, 1.807) is 19.2 Å². The molecule has 1 aromatic carbocycles. The molecule has 0 bridgehead atoms. The highest BCUT2D eigenvalue weighted by molar-refractivity contribution is 7.15. The number of ketones is 1. The number of hydrogen-bond acceptors (Lipinski definition) is 7. The molecule has 3 aliphatic rings. The molecule has 1 fully saturated rings. The monoisotopic (exact) mass is 471 g/mol. The number of methoxy groups -OCH3 is 1. The molecule has 4 unspecified atom stereocenters. The van der Waals surface area contributed by atoms with E-state index in [0.29, 0.717) is 35.2 Å². The normalized spacial score (nSPS) is 27.0. The van der Waals surface area contributed by atoms with Crippen LogP contribution in [0.25, 0.3) is 0 Å². The molecule has 0 N–H and O–H groups in total. The molecule has 1 saturated carbocycles. The summed E-state index contributed by atoms with van der Waals surface area (Å²) in [5, 5.41) is 9.81. The highest BCUT2D eigenvalue weighted by Crippen LogP contribution is 2.49. The van der Waals surface area contributed by atoms with E-state index in [1.807, 2.05) is 12.1 Å². The van der Waals surface area contributed by atoms with Crippen molar-refractivity contribution in [2.24, 2.45) is 11.8 Å². The number of fused-ring (bicyclic) bond motifs is 1. The van der Waals surface area contributed by atoms with Crippen molar-refractivity contribution in [1.29, 1.82) is 0 Å². The van der Waals surface area contributed by atoms with Gasteiger partial charge in [-0.25, -0.2) is 4.39 Å². The summed E-state index contributed by atoms with van der Waals surface area (Å²) in [5.74, 6) is -0.0467. The van der Waals surface area contributed by atoms with Crippen LogP contribution in [0.15, 0.2) is 35.6 Å². The molecule has 0 saturated heterocycles. The Balaban J connectivity index is 1.59. The molecule has 33 heavy (non-hydrogen) atoms. The maximum absolute atomic E-state index is 14.2. The van der Waals surface area contributed by atoms with Crippen molar-refractivity contribution < 1.29 is 23.5 Å². The largest absolute Gasteiger partial charge is 0.497 e. The Kier molecular flexibility index (Phi) is 5.68. The molecule has 0 spiro atoms. The lowest BCUT2D eigenvalue weighted by Gasteiger charge is -2.36. The average Bonchev–Trinajstić information content (AvgIpc) is 3.36. The molecule has 1 amide bonds. The first-order valence-electron chi connectivity index (χ1n) is 11.3. The SMILES string of the molecule is COc1ccc(C2C3=C(OC4CCC(F)CC4C3=O)C(=O)N2c2nnc(CC(C)C)s2)cc1. The number of benzene rings is 1. The summed E-state index contributed by atoms with van der Waals surface area (Å²) >= 11 is 1.35. The summed E-state index contributed by atoms with van der Waals surface area (Å²) in [4.78, 5) is 28.7. The highest BCUT2D eigenvalue weighted by Gasteiger charge is 2.54. The minimum Gasteiger partial charge on any atom is -0.497 e. The van der Waals surface area contributed by atoms with E-state index < -0.39 is 30.1 Å². The molecular weight excluding hydrogens is 445 g/mol. The second kappa shape index (κ2) is 8.52. The van der Waals surface area contributed by atoms with Crippen LogP contribution in [0.5, 0.6) is 5.75 Å². The molecular formula is C24H26FN3O4S. The third-order valence-electron chi connectivity index (χ3n) is 6.46. The molecule has 9 heteroatoms. The van der Waals surface area contributed by atoms with Crippen LogP contribution in [0.3, 0.4) is 0 Å². The lowest BCUT2D eigenvalue weighted by molar-refractivity contribution is -0.133. The van der Waals surface area contributed by atoms with E-state index in [4.69, 9.17) is 9.47 Å². The van der Waals surface area contributed by atoms with Crippen LogP contribution in [0.2, 0.25) is 0 Å². The zero-order valence-electron chi connectivity index (χ0n) is 18.8. The number of anilines is 1. The fourth-order valence-electron chi connectivity index (χ4n) is 4.89. The van der Waals surface area contributed by atoms with Gasteiger partial charge in [-0.2, -0.15) is 0 Å². The van der Waals surface area contributed by atoms with Crippen LogP contribution in [-0.2, 0) is 20.7 Å². The van der Waals surface area contributed by atoms with Gasteiger partial charge in [-0.15, -0.1) is 10.2 Å². The maximum Gasteiger partial charge on any atom is 0.296 e. The summed E-state index contributed by atoms with van der Waals surface area (Å²) in [6.07, 6.45) is 0.140. The number of ether oxygens (including phenoxy) is 2. The molecule has 2 aliphatic heterocycles. The second-order valence-corrected chi connectivity index (χ2v) is 10.2. The minimum absolute atomic E-state index is 0.0694. The van der Waals surface area contributed by atoms with Gasteiger partial charge in [0.1, 0.15) is 23.0 Å². The Bertz CT molecular complexity index is 1110. The lowest BCUT2D eigenvalue weighted by atomic mass is 9.77. The van der Waals surface area contributed by atoms with Gasteiger partial charge in [-0.1, -0.05) is 37.3 Å². The molecule has 4 atom stereocenters. The van der Waals surface area contributed by atoms with Gasteiger partial charge in [0.15, 0.2) is 11.5 Å². The molecule has 1 aliphatic carbocycles. The molecule has 174 valence electrons. The summed E-state index contributed by atoms with van der Waals surface area (Å²) in [6, 6.07) is 6.53. The second-order valence-electron chi connectivity index (χ2n) is 9.21. The number of aromatic nitrogens is 2. The summed E-state index contributed by atoms with van der Waals surface area (Å²) in [5.41, 5.74) is 1.03. The number of hydrogen-bond donors (Lipinski definition) is 0. The average molecular weight is 472 g/mol. The topological polar surface area (TPSA) is 81.6 Å². The number of alkyl halides is 1. The van der Waals surface area contributed by atoms with Gasteiger partial charge in [0, 0.05) is 6.42 Å². The van der Waals surface area contributed by atoms with Crippen molar-refractivity contribution in [1.82, 2.24) is 10.2 Å². The van der Waals surface area contributed by atoms with E-state index in [-0.39, 0.29) is 18.0 Å². The smallest absolute Gasteiger partial charge is 0.296 e. The Morgan fingerprint density at radius 3 is 2.67 bits per heavy atom. The molecule has 3 heterocycles. The third kappa shape index (κ3) is 3.82. The van der Waals surface area contributed by atoms with E-state index >= 15 is 0 Å². The Labute approximate surface area is 195 Å². The fourth-order valence-corrected chi connectivity index (χ4v) is 5.97. The van der Waals surface area contributed by atoms with Crippen molar-refractivity contribution in [3.63, 3.8) is 0 Å². The van der Waals surface area contributed by atoms with Crippen molar-refractivity contribution in [2.45, 2.75) is 57.8 Å². The standard InChI is InChI=1S/C24H26FN3O4S/c1-12(2)10-18-26-27-24(33-18)28-20(13-4-7-15(31-3)8-5-13)19-21(29)16-11-14(25)6-9-17(16)32-22(19)23(28)30/h4-5,7-8,12,14,16-17,20H,6,9-11H2,1-3H3. The highest BCUT2D eigenvalue weighted by atomic mass is 32.1. The number of nitrogens with zero attached hydrogens (tertiary/aromatic N) is 3. The van der Waals surface area contributed by atoms with Gasteiger partial charge >= 0.3 is 0 Å². The van der Waals surface area contributed by atoms with Gasteiger partial charge in [-0.05, 0) is 42.9 Å². The number of amides is 1. The van der Waals surface area contributed by atoms with E-state index in [1.165, 1.54) is 16.2 Å². The Hall–Kier alpha value is -2.81. The number of halogens is 1. The molecule has 1 aromatic heterocycles. The first-order valence-corrected chi connectivity index (χ1v) is 12.1. The van der Waals surface area contributed by atoms with Gasteiger partial charge in [0.2, 0.25) is 5.13 Å².